The van der Waals surface area contributed by atoms with Gasteiger partial charge in [0.05, 0.1) is 15.7 Å². The van der Waals surface area contributed by atoms with Gasteiger partial charge in [0.25, 0.3) is 0 Å². The lowest BCUT2D eigenvalue weighted by molar-refractivity contribution is 0.626. The van der Waals surface area contributed by atoms with Crippen molar-refractivity contribution < 1.29 is 4.39 Å². The van der Waals surface area contributed by atoms with Crippen molar-refractivity contribution in [3.05, 3.63) is 49.9 Å². The molecule has 6 heteroatoms. The van der Waals surface area contributed by atoms with E-state index in [-0.39, 0.29) is 10.8 Å². The number of halogens is 4. The first-order chi connectivity index (χ1) is 8.06. The van der Waals surface area contributed by atoms with Gasteiger partial charge in [0.2, 0.25) is 0 Å². The molecule has 1 aromatic heterocycles. The Bertz CT molecular complexity index is 514. The minimum Gasteiger partial charge on any atom is -0.337 e. The summed E-state index contributed by atoms with van der Waals surface area (Å²) in [5.74, 6) is -0.426. The Morgan fingerprint density at radius 3 is 2.65 bits per heavy atom. The molecule has 2 rings (SSSR count). The molecular formula is C11H6Cl2FIN2. The van der Waals surface area contributed by atoms with Crippen LogP contribution in [0.15, 0.2) is 30.5 Å². The van der Waals surface area contributed by atoms with E-state index >= 15 is 0 Å². The number of anilines is 2. The number of hydrogen-bond donors (Lipinski definition) is 1. The lowest BCUT2D eigenvalue weighted by Gasteiger charge is -2.08. The number of nitrogens with one attached hydrogen (secondary N) is 1. The topological polar surface area (TPSA) is 24.9 Å². The van der Waals surface area contributed by atoms with Crippen LogP contribution in [0.5, 0.6) is 0 Å². The predicted molar refractivity (Wildman–Crippen MR) is 76.7 cm³/mol. The molecular weight excluding hydrogens is 377 g/mol. The number of rotatable bonds is 2. The molecule has 1 N–H and O–H groups in total. The molecule has 0 spiro atoms. The monoisotopic (exact) mass is 382 g/mol. The number of nitrogens with zero attached hydrogens (tertiary/aromatic N) is 1. The van der Waals surface area contributed by atoms with Crippen LogP contribution >= 0.6 is 45.8 Å². The Kier molecular flexibility index (Phi) is 4.06. The van der Waals surface area contributed by atoms with E-state index in [1.54, 1.807) is 12.1 Å². The molecule has 0 atom stereocenters. The first kappa shape index (κ1) is 12.9. The smallest absolute Gasteiger partial charge is 0.167 e. The van der Waals surface area contributed by atoms with Gasteiger partial charge in [-0.3, -0.25) is 0 Å². The molecule has 0 amide bonds. The molecule has 0 radical (unpaired) electrons. The first-order valence-corrected chi connectivity index (χ1v) is 6.43. The largest absolute Gasteiger partial charge is 0.337 e. The minimum absolute atomic E-state index is 0.0949. The number of benzene rings is 1. The van der Waals surface area contributed by atoms with Crippen molar-refractivity contribution in [2.45, 2.75) is 0 Å². The molecule has 0 aliphatic heterocycles. The maximum atomic E-state index is 13.5. The lowest BCUT2D eigenvalue weighted by atomic mass is 10.3. The molecule has 0 fully saturated rings. The summed E-state index contributed by atoms with van der Waals surface area (Å²) in [6.45, 7) is 0. The number of hydrogen-bond acceptors (Lipinski definition) is 2. The highest BCUT2D eigenvalue weighted by atomic mass is 127. The van der Waals surface area contributed by atoms with Gasteiger partial charge in [0, 0.05) is 9.77 Å². The van der Waals surface area contributed by atoms with Gasteiger partial charge in [-0.05, 0) is 46.9 Å². The zero-order chi connectivity index (χ0) is 12.4. The standard InChI is InChI=1S/C11H6Cl2FIN2/c12-6-3-9(14)11(16-5-6)17-10-2-1-7(15)4-8(10)13/h1-5H,(H,16,17). The fourth-order valence-corrected chi connectivity index (χ4v) is 2.27. The molecule has 0 unspecified atom stereocenters. The van der Waals surface area contributed by atoms with E-state index in [1.165, 1.54) is 12.3 Å². The summed E-state index contributed by atoms with van der Waals surface area (Å²) in [6.07, 6.45) is 1.37. The van der Waals surface area contributed by atoms with Gasteiger partial charge in [-0.25, -0.2) is 9.37 Å². The van der Waals surface area contributed by atoms with Crippen LogP contribution < -0.4 is 5.32 Å². The summed E-state index contributed by atoms with van der Waals surface area (Å²) < 4.78 is 14.5. The zero-order valence-electron chi connectivity index (χ0n) is 8.35. The van der Waals surface area contributed by atoms with E-state index in [0.29, 0.717) is 10.7 Å². The zero-order valence-corrected chi connectivity index (χ0v) is 12.0. The molecule has 0 aliphatic rings. The summed E-state index contributed by atoms with van der Waals surface area (Å²) in [6, 6.07) is 6.60. The SMILES string of the molecule is Fc1cc(Cl)cnc1Nc1ccc(I)cc1Cl. The third-order valence-corrected chi connectivity index (χ3v) is 3.18. The van der Waals surface area contributed by atoms with Crippen LogP contribution in [0.3, 0.4) is 0 Å². The molecule has 1 heterocycles. The Hall–Kier alpha value is -0.590. The Morgan fingerprint density at radius 2 is 2.00 bits per heavy atom. The van der Waals surface area contributed by atoms with Crippen molar-refractivity contribution in [2.75, 3.05) is 5.32 Å². The Labute approximate surface area is 121 Å². The molecule has 88 valence electrons. The Balaban J connectivity index is 2.31. The third-order valence-electron chi connectivity index (χ3n) is 1.99. The van der Waals surface area contributed by atoms with Gasteiger partial charge in [-0.1, -0.05) is 23.2 Å². The molecule has 0 saturated carbocycles. The predicted octanol–water partition coefficient (Wildman–Crippen LogP) is 4.88. The summed E-state index contributed by atoms with van der Waals surface area (Å²) in [7, 11) is 0. The van der Waals surface area contributed by atoms with Crippen LogP contribution in [-0.4, -0.2) is 4.98 Å². The van der Waals surface area contributed by atoms with Crippen molar-refractivity contribution in [3.63, 3.8) is 0 Å². The quantitative estimate of drug-likeness (QED) is 0.749. The van der Waals surface area contributed by atoms with Gasteiger partial charge in [-0.2, -0.15) is 0 Å². The molecule has 0 saturated heterocycles. The maximum Gasteiger partial charge on any atom is 0.167 e. The summed E-state index contributed by atoms with van der Waals surface area (Å²) in [5.41, 5.74) is 0.598. The number of aromatic nitrogens is 1. The molecule has 1 aromatic carbocycles. The van der Waals surface area contributed by atoms with E-state index in [4.69, 9.17) is 23.2 Å². The van der Waals surface area contributed by atoms with Gasteiger partial charge in [0.15, 0.2) is 11.6 Å². The molecule has 2 nitrogen and oxygen atoms in total. The summed E-state index contributed by atoms with van der Waals surface area (Å²) in [4.78, 5) is 3.86. The highest BCUT2D eigenvalue weighted by Gasteiger charge is 2.07. The van der Waals surface area contributed by atoms with Crippen LogP contribution in [0.1, 0.15) is 0 Å². The van der Waals surface area contributed by atoms with Crippen LogP contribution in [0, 0.1) is 9.39 Å². The van der Waals surface area contributed by atoms with E-state index in [1.807, 2.05) is 6.07 Å². The van der Waals surface area contributed by atoms with Crippen LogP contribution in [0.4, 0.5) is 15.9 Å². The highest BCUT2D eigenvalue weighted by molar-refractivity contribution is 14.1. The van der Waals surface area contributed by atoms with Gasteiger partial charge < -0.3 is 5.32 Å². The molecule has 0 aliphatic carbocycles. The van der Waals surface area contributed by atoms with E-state index in [2.05, 4.69) is 32.9 Å². The highest BCUT2D eigenvalue weighted by Crippen LogP contribution is 2.27. The molecule has 2 aromatic rings. The second-order valence-corrected chi connectivity index (χ2v) is 5.32. The van der Waals surface area contributed by atoms with E-state index in [0.717, 1.165) is 3.57 Å². The van der Waals surface area contributed by atoms with Gasteiger partial charge in [0.1, 0.15) is 0 Å². The van der Waals surface area contributed by atoms with E-state index in [9.17, 15) is 4.39 Å². The van der Waals surface area contributed by atoms with Crippen molar-refractivity contribution in [1.29, 1.82) is 0 Å². The van der Waals surface area contributed by atoms with Crippen molar-refractivity contribution >= 4 is 57.3 Å². The second kappa shape index (κ2) is 5.37. The fraction of sp³-hybridized carbons (Fsp3) is 0. The van der Waals surface area contributed by atoms with Crippen molar-refractivity contribution in [1.82, 2.24) is 4.98 Å². The first-order valence-electron chi connectivity index (χ1n) is 4.59. The molecule has 17 heavy (non-hydrogen) atoms. The lowest BCUT2D eigenvalue weighted by Crippen LogP contribution is -1.97. The summed E-state index contributed by atoms with van der Waals surface area (Å²) >= 11 is 13.8. The van der Waals surface area contributed by atoms with Gasteiger partial charge in [-0.15, -0.1) is 0 Å². The van der Waals surface area contributed by atoms with Crippen LogP contribution in [0.2, 0.25) is 10.0 Å². The average Bonchev–Trinajstić information content (AvgIpc) is 2.25. The average molecular weight is 383 g/mol. The minimum atomic E-state index is -0.521. The third kappa shape index (κ3) is 3.20. The van der Waals surface area contributed by atoms with Crippen molar-refractivity contribution in [2.24, 2.45) is 0 Å². The molecule has 0 bridgehead atoms. The maximum absolute atomic E-state index is 13.5. The van der Waals surface area contributed by atoms with Crippen LogP contribution in [-0.2, 0) is 0 Å². The van der Waals surface area contributed by atoms with Crippen LogP contribution in [0.25, 0.3) is 0 Å². The van der Waals surface area contributed by atoms with Crippen molar-refractivity contribution in [3.8, 4) is 0 Å². The van der Waals surface area contributed by atoms with Gasteiger partial charge >= 0.3 is 0 Å². The number of pyridine rings is 1. The summed E-state index contributed by atoms with van der Waals surface area (Å²) in [5, 5.41) is 3.57. The Morgan fingerprint density at radius 1 is 1.24 bits per heavy atom. The van der Waals surface area contributed by atoms with E-state index < -0.39 is 5.82 Å². The second-order valence-electron chi connectivity index (χ2n) is 3.23. The normalized spacial score (nSPS) is 10.4. The fourth-order valence-electron chi connectivity index (χ4n) is 1.22.